The van der Waals surface area contributed by atoms with Crippen molar-refractivity contribution in [2.45, 2.75) is 12.8 Å². The Morgan fingerprint density at radius 3 is 1.19 bits per heavy atom. The van der Waals surface area contributed by atoms with Crippen LogP contribution in [0.1, 0.15) is 12.8 Å². The Hall–Kier alpha value is -0.560. The lowest BCUT2D eigenvalue weighted by Gasteiger charge is -2.54. The first kappa shape index (κ1) is 20.2. The summed E-state index contributed by atoms with van der Waals surface area (Å²) in [5.74, 6) is 1.24. The fraction of sp³-hybridized carbons (Fsp3) is 0.889. The van der Waals surface area contributed by atoms with Gasteiger partial charge >= 0.3 is 0 Å². The van der Waals surface area contributed by atoms with Crippen LogP contribution in [-0.2, 0) is 9.59 Å². The minimum absolute atomic E-state index is 0.205. The molecule has 0 radical (unpaired) electrons. The number of hydrogen-bond acceptors (Lipinski definition) is 2. The van der Waals surface area contributed by atoms with Gasteiger partial charge in [-0.15, -0.1) is 23.2 Å². The highest BCUT2D eigenvalue weighted by molar-refractivity contribution is 6.19. The van der Waals surface area contributed by atoms with E-state index in [1.54, 1.807) is 0 Å². The van der Waals surface area contributed by atoms with Crippen LogP contribution in [0.4, 0.5) is 0 Å². The number of carbonyl (C=O) groups is 2. The predicted molar refractivity (Wildman–Crippen MR) is 103 cm³/mol. The summed E-state index contributed by atoms with van der Waals surface area (Å²) in [6.07, 6.45) is 0.918. The van der Waals surface area contributed by atoms with Gasteiger partial charge < -0.3 is 18.8 Å². The van der Waals surface area contributed by atoms with Gasteiger partial charge in [-0.05, 0) is 0 Å². The molecule has 0 N–H and O–H groups in total. The van der Waals surface area contributed by atoms with Crippen molar-refractivity contribution in [2.24, 2.45) is 0 Å². The van der Waals surface area contributed by atoms with Gasteiger partial charge in [0.05, 0.1) is 52.4 Å². The van der Waals surface area contributed by atoms with Crippen LogP contribution in [0, 0.1) is 0 Å². The number of alkyl halides is 2. The number of carbonyl (C=O) groups excluding carboxylic acids is 2. The molecule has 148 valence electrons. The molecule has 8 heteroatoms. The first-order valence-corrected chi connectivity index (χ1v) is 11.0. The van der Waals surface area contributed by atoms with Crippen molar-refractivity contribution >= 4 is 35.0 Å². The monoisotopic (exact) mass is 406 g/mol. The maximum absolute atomic E-state index is 12.0. The van der Waals surface area contributed by atoms with Crippen LogP contribution in [0.15, 0.2) is 0 Å². The lowest BCUT2D eigenvalue weighted by molar-refractivity contribution is -1.03. The van der Waals surface area contributed by atoms with Crippen molar-refractivity contribution in [1.29, 1.82) is 0 Å². The highest BCUT2D eigenvalue weighted by Gasteiger charge is 2.45. The van der Waals surface area contributed by atoms with Gasteiger partial charge in [-0.2, -0.15) is 0 Å². The van der Waals surface area contributed by atoms with Crippen LogP contribution in [0.3, 0.4) is 0 Å². The van der Waals surface area contributed by atoms with Gasteiger partial charge in [-0.1, -0.05) is 0 Å². The summed E-state index contributed by atoms with van der Waals surface area (Å²) in [5, 5.41) is 0. The first-order chi connectivity index (χ1) is 12.5. The molecule has 0 unspecified atom stereocenters. The maximum Gasteiger partial charge on any atom is 0.224 e. The van der Waals surface area contributed by atoms with E-state index in [1.807, 2.05) is 9.80 Å². The fourth-order valence-electron chi connectivity index (χ4n) is 4.72. The topological polar surface area (TPSA) is 40.6 Å². The first-order valence-electron chi connectivity index (χ1n) is 9.89. The summed E-state index contributed by atoms with van der Waals surface area (Å²) < 4.78 is 2.33. The van der Waals surface area contributed by atoms with Crippen LogP contribution in [0.5, 0.6) is 0 Å². The third-order valence-corrected chi connectivity index (χ3v) is 7.17. The molecule has 0 aromatic rings. The minimum Gasteiger partial charge on any atom is -0.331 e. The molecule has 2 spiro atoms. The van der Waals surface area contributed by atoms with E-state index in [9.17, 15) is 9.59 Å². The Bertz CT molecular complexity index is 457. The van der Waals surface area contributed by atoms with Crippen molar-refractivity contribution in [3.8, 4) is 0 Å². The third-order valence-electron chi connectivity index (χ3n) is 6.80. The predicted octanol–water partition coefficient (Wildman–Crippen LogP) is 0.576. The van der Waals surface area contributed by atoms with E-state index < -0.39 is 0 Å². The van der Waals surface area contributed by atoms with Crippen molar-refractivity contribution in [1.82, 2.24) is 9.80 Å². The molecule has 6 nitrogen and oxygen atoms in total. The average molecular weight is 407 g/mol. The summed E-state index contributed by atoms with van der Waals surface area (Å²) in [6, 6.07) is 0. The second kappa shape index (κ2) is 8.63. The molecule has 3 fully saturated rings. The number of hydrogen-bond donors (Lipinski definition) is 0. The number of amides is 2. The molecule has 0 saturated carbocycles. The largest absolute Gasteiger partial charge is 0.331 e. The van der Waals surface area contributed by atoms with Crippen molar-refractivity contribution < 1.29 is 18.6 Å². The summed E-state index contributed by atoms with van der Waals surface area (Å²) >= 11 is 11.4. The second-order valence-electron chi connectivity index (χ2n) is 8.11. The van der Waals surface area contributed by atoms with Gasteiger partial charge in [-0.3, -0.25) is 9.59 Å². The standard InChI is InChI=1S/C18H32Cl2N4O2/c19-3-1-17(25)21-5-9-23(10-6-21)13-15-24(16-14-23)11-7-22(8-12-24)18(26)2-4-20/h1-16H2/q+2. The summed E-state index contributed by atoms with van der Waals surface area (Å²) in [7, 11) is 0. The molecule has 3 rings (SSSR count). The molecule has 3 heterocycles. The molecule has 2 amide bonds. The molecule has 0 bridgehead atoms. The smallest absolute Gasteiger partial charge is 0.224 e. The van der Waals surface area contributed by atoms with Crippen LogP contribution >= 0.6 is 23.2 Å². The lowest BCUT2D eigenvalue weighted by Crippen LogP contribution is -2.73. The molecule has 26 heavy (non-hydrogen) atoms. The SMILES string of the molecule is O=C(CCCl)N1CC[N+]2(CC1)CC[N+]1(CCN(C(=O)CCCl)CC1)CC2. The van der Waals surface area contributed by atoms with Gasteiger partial charge in [0.25, 0.3) is 0 Å². The number of quaternary nitrogens is 2. The van der Waals surface area contributed by atoms with Gasteiger partial charge in [-0.25, -0.2) is 0 Å². The Kier molecular flexibility index (Phi) is 6.70. The van der Waals surface area contributed by atoms with Crippen molar-refractivity contribution in [3.05, 3.63) is 0 Å². The molecule has 3 saturated heterocycles. The summed E-state index contributed by atoms with van der Waals surface area (Å²) in [6.45, 7) is 12.6. The maximum atomic E-state index is 12.0. The second-order valence-corrected chi connectivity index (χ2v) is 8.87. The van der Waals surface area contributed by atoms with Crippen LogP contribution < -0.4 is 0 Å². The van der Waals surface area contributed by atoms with Gasteiger partial charge in [0.2, 0.25) is 11.8 Å². The highest BCUT2D eigenvalue weighted by atomic mass is 35.5. The zero-order valence-electron chi connectivity index (χ0n) is 15.7. The fourth-order valence-corrected chi connectivity index (χ4v) is 5.05. The molecule has 0 aromatic carbocycles. The molecule has 0 aromatic heterocycles. The van der Waals surface area contributed by atoms with Gasteiger partial charge in [0, 0.05) is 24.6 Å². The minimum atomic E-state index is 0.205. The molecule has 0 atom stereocenters. The summed E-state index contributed by atoms with van der Waals surface area (Å²) in [4.78, 5) is 28.1. The van der Waals surface area contributed by atoms with E-state index >= 15 is 0 Å². The number of nitrogens with zero attached hydrogens (tertiary/aromatic N) is 4. The normalized spacial score (nSPS) is 24.8. The van der Waals surface area contributed by atoms with Crippen molar-refractivity contribution in [2.75, 3.05) is 90.3 Å². The van der Waals surface area contributed by atoms with Crippen LogP contribution in [0.2, 0.25) is 0 Å². The molecular formula is C18H32Cl2N4O2+2. The van der Waals surface area contributed by atoms with Crippen LogP contribution in [0.25, 0.3) is 0 Å². The molecule has 0 aliphatic carbocycles. The average Bonchev–Trinajstić information content (AvgIpc) is 2.66. The Morgan fingerprint density at radius 2 is 0.923 bits per heavy atom. The van der Waals surface area contributed by atoms with E-state index in [0.717, 1.165) is 52.4 Å². The van der Waals surface area contributed by atoms with E-state index in [0.29, 0.717) is 24.6 Å². The van der Waals surface area contributed by atoms with E-state index in [2.05, 4.69) is 0 Å². The molecule has 3 aliphatic heterocycles. The number of halogens is 2. The summed E-state index contributed by atoms with van der Waals surface area (Å²) in [5.41, 5.74) is 0. The van der Waals surface area contributed by atoms with E-state index in [-0.39, 0.29) is 11.8 Å². The van der Waals surface area contributed by atoms with Crippen molar-refractivity contribution in [3.63, 3.8) is 0 Å². The van der Waals surface area contributed by atoms with Crippen LogP contribution in [-0.4, -0.2) is 121 Å². The number of rotatable bonds is 4. The quantitative estimate of drug-likeness (QED) is 0.505. The Labute approximate surface area is 166 Å². The van der Waals surface area contributed by atoms with E-state index in [1.165, 1.54) is 35.1 Å². The highest BCUT2D eigenvalue weighted by Crippen LogP contribution is 2.24. The zero-order valence-corrected chi connectivity index (χ0v) is 17.2. The van der Waals surface area contributed by atoms with Gasteiger partial charge in [0.15, 0.2) is 0 Å². The lowest BCUT2D eigenvalue weighted by atomic mass is 10.1. The Morgan fingerprint density at radius 1 is 0.615 bits per heavy atom. The molecule has 3 aliphatic rings. The van der Waals surface area contributed by atoms with E-state index in [4.69, 9.17) is 23.2 Å². The number of piperazine rings is 3. The molecular weight excluding hydrogens is 375 g/mol. The van der Waals surface area contributed by atoms with Gasteiger partial charge in [0.1, 0.15) is 26.2 Å². The Balaban J connectivity index is 1.46. The third kappa shape index (κ3) is 4.46. The zero-order chi connectivity index (χ0) is 18.6.